The fraction of sp³-hybridized carbons (Fsp3) is 0. The second-order valence-corrected chi connectivity index (χ2v) is 0.761. The molecule has 30 valence electrons. The topological polar surface area (TPSA) is 28.7 Å². The molecule has 3 heteroatoms. The van der Waals surface area contributed by atoms with Gasteiger partial charge >= 0.3 is 45.5 Å². The van der Waals surface area contributed by atoms with Gasteiger partial charge in [-0.3, -0.25) is 0 Å². The smallest absolute Gasteiger partial charge is 1.00 e. The summed E-state index contributed by atoms with van der Waals surface area (Å²) < 4.78 is 0. The van der Waals surface area contributed by atoms with Crippen LogP contribution in [0.25, 0.3) is 0 Å². The van der Waals surface area contributed by atoms with Crippen molar-refractivity contribution in [1.29, 1.82) is 0 Å². The van der Waals surface area contributed by atoms with Crippen LogP contribution in [0.2, 0.25) is 0 Å². The molecule has 0 aliphatic heterocycles. The molecule has 1 N–H and O–H groups in total. The van der Waals surface area contributed by atoms with Gasteiger partial charge in [-0.15, -0.1) is 0 Å². The Morgan fingerprint density at radius 1 is 1.67 bits per heavy atom. The SMILES string of the molecule is [H-].[H-].[Sr+2].c1c[nH]cn1. The Labute approximate surface area is 76.2 Å². The number of aromatic amines is 1. The van der Waals surface area contributed by atoms with E-state index in [2.05, 4.69) is 9.97 Å². The third kappa shape index (κ3) is 1.97. The van der Waals surface area contributed by atoms with Crippen molar-refractivity contribution in [3.8, 4) is 0 Å². The number of H-pyrrole nitrogens is 1. The molecule has 0 spiro atoms. The summed E-state index contributed by atoms with van der Waals surface area (Å²) in [6.45, 7) is 0. The molecule has 0 unspecified atom stereocenters. The van der Waals surface area contributed by atoms with Crippen LogP contribution in [0.5, 0.6) is 0 Å². The van der Waals surface area contributed by atoms with Crippen LogP contribution in [0, 0.1) is 0 Å². The average Bonchev–Trinajstić information content (AvgIpc) is 1.76. The molecule has 1 rings (SSSR count). The molecular weight excluding hydrogens is 152 g/mol. The van der Waals surface area contributed by atoms with Gasteiger partial charge in [-0.2, -0.15) is 0 Å². The van der Waals surface area contributed by atoms with Gasteiger partial charge in [0, 0.05) is 12.4 Å². The number of hydrogen-bond donors (Lipinski definition) is 1. The summed E-state index contributed by atoms with van der Waals surface area (Å²) >= 11 is 0. The van der Waals surface area contributed by atoms with Crippen LogP contribution < -0.4 is 0 Å². The molecule has 0 radical (unpaired) electrons. The van der Waals surface area contributed by atoms with Gasteiger partial charge in [0.1, 0.15) is 0 Å². The van der Waals surface area contributed by atoms with E-state index in [9.17, 15) is 0 Å². The third-order valence-electron chi connectivity index (χ3n) is 0.406. The number of imidazole rings is 1. The van der Waals surface area contributed by atoms with E-state index in [1.807, 2.05) is 0 Å². The van der Waals surface area contributed by atoms with Crippen molar-refractivity contribution in [2.75, 3.05) is 0 Å². The van der Waals surface area contributed by atoms with Crippen molar-refractivity contribution in [3.05, 3.63) is 18.7 Å². The van der Waals surface area contributed by atoms with E-state index in [1.54, 1.807) is 18.7 Å². The van der Waals surface area contributed by atoms with Crippen LogP contribution in [0.4, 0.5) is 0 Å². The summed E-state index contributed by atoms with van der Waals surface area (Å²) in [7, 11) is 0. The number of hydrogen-bond acceptors (Lipinski definition) is 1. The molecule has 0 aromatic carbocycles. The summed E-state index contributed by atoms with van der Waals surface area (Å²) in [5.41, 5.74) is 0. The van der Waals surface area contributed by atoms with Crippen molar-refractivity contribution < 1.29 is 2.85 Å². The third-order valence-corrected chi connectivity index (χ3v) is 0.406. The molecule has 1 aromatic rings. The van der Waals surface area contributed by atoms with Crippen molar-refractivity contribution in [3.63, 3.8) is 0 Å². The van der Waals surface area contributed by atoms with Gasteiger partial charge in [0.25, 0.3) is 0 Å². The molecule has 0 amide bonds. The predicted octanol–water partition coefficient (Wildman–Crippen LogP) is 0.254. The summed E-state index contributed by atoms with van der Waals surface area (Å²) in [5, 5.41) is 0. The van der Waals surface area contributed by atoms with E-state index in [0.717, 1.165) is 0 Å². The van der Waals surface area contributed by atoms with E-state index in [4.69, 9.17) is 0 Å². The zero-order valence-corrected chi connectivity index (χ0v) is 6.86. The first-order chi connectivity index (χ1) is 2.50. The standard InChI is InChI=1S/C3H4N2.Sr.2H/c1-2-5-3-4-1;;;/h1-3H,(H,4,5);;;/q;+2;2*-1. The molecule has 0 atom stereocenters. The number of nitrogens with zero attached hydrogens (tertiary/aromatic N) is 1. The first kappa shape index (κ1) is 6.69. The molecule has 0 aliphatic carbocycles. The molecule has 1 heterocycles. The van der Waals surface area contributed by atoms with Crippen LogP contribution >= 0.6 is 0 Å². The van der Waals surface area contributed by atoms with Crippen LogP contribution in [0.3, 0.4) is 0 Å². The minimum atomic E-state index is 0. The second-order valence-electron chi connectivity index (χ2n) is 0.761. The predicted molar refractivity (Wildman–Crippen MR) is 26.6 cm³/mol. The number of nitrogens with one attached hydrogen (secondary N) is 1. The molecule has 0 aliphatic rings. The van der Waals surface area contributed by atoms with Crippen molar-refractivity contribution >= 4 is 45.5 Å². The van der Waals surface area contributed by atoms with Gasteiger partial charge in [0.15, 0.2) is 0 Å². The minimum absolute atomic E-state index is 0. The Bertz CT molecular complexity index is 71.8. The molecule has 0 bridgehead atoms. The van der Waals surface area contributed by atoms with Gasteiger partial charge in [0.2, 0.25) is 0 Å². The maximum absolute atomic E-state index is 3.67. The van der Waals surface area contributed by atoms with E-state index in [-0.39, 0.29) is 48.3 Å². The Morgan fingerprint density at radius 2 is 2.50 bits per heavy atom. The quantitative estimate of drug-likeness (QED) is 0.538. The molecule has 2 nitrogen and oxygen atoms in total. The van der Waals surface area contributed by atoms with Crippen molar-refractivity contribution in [2.45, 2.75) is 0 Å². The van der Waals surface area contributed by atoms with E-state index >= 15 is 0 Å². The Morgan fingerprint density at radius 3 is 2.67 bits per heavy atom. The minimum Gasteiger partial charge on any atom is -1.00 e. The fourth-order valence-corrected chi connectivity index (χ4v) is 0.215. The van der Waals surface area contributed by atoms with Crippen molar-refractivity contribution in [2.24, 2.45) is 0 Å². The van der Waals surface area contributed by atoms with Gasteiger partial charge in [-0.05, 0) is 0 Å². The summed E-state index contributed by atoms with van der Waals surface area (Å²) in [5.74, 6) is 0. The number of rotatable bonds is 0. The Kier molecular flexibility index (Phi) is 4.31. The monoisotopic (exact) mass is 158 g/mol. The molecule has 0 fully saturated rings. The first-order valence-corrected chi connectivity index (χ1v) is 1.43. The van der Waals surface area contributed by atoms with Crippen LogP contribution in [-0.4, -0.2) is 55.4 Å². The Balaban J connectivity index is -0.0000000833. The summed E-state index contributed by atoms with van der Waals surface area (Å²) in [6, 6.07) is 0. The first-order valence-electron chi connectivity index (χ1n) is 1.43. The molecule has 0 saturated carbocycles. The van der Waals surface area contributed by atoms with Gasteiger partial charge in [-0.25, -0.2) is 4.98 Å². The summed E-state index contributed by atoms with van der Waals surface area (Å²) in [4.78, 5) is 6.42. The van der Waals surface area contributed by atoms with E-state index in [1.165, 1.54) is 0 Å². The number of aromatic nitrogens is 2. The molecule has 0 saturated heterocycles. The van der Waals surface area contributed by atoms with Crippen LogP contribution in [0.1, 0.15) is 2.85 Å². The maximum Gasteiger partial charge on any atom is 2.00 e. The maximum atomic E-state index is 3.67. The fourth-order valence-electron chi connectivity index (χ4n) is 0.215. The largest absolute Gasteiger partial charge is 2.00 e. The molecule has 6 heavy (non-hydrogen) atoms. The van der Waals surface area contributed by atoms with Gasteiger partial charge < -0.3 is 7.84 Å². The zero-order valence-electron chi connectivity index (χ0n) is 5.39. The van der Waals surface area contributed by atoms with E-state index in [0.29, 0.717) is 0 Å². The molecule has 1 aromatic heterocycles. The van der Waals surface area contributed by atoms with E-state index < -0.39 is 0 Å². The second kappa shape index (κ2) is 3.87. The van der Waals surface area contributed by atoms with Crippen molar-refractivity contribution in [1.82, 2.24) is 9.97 Å². The normalized spacial score (nSPS) is 6.67. The summed E-state index contributed by atoms with van der Waals surface area (Å²) in [6.07, 6.45) is 5.08. The average molecular weight is 158 g/mol. The zero-order chi connectivity index (χ0) is 3.54. The molecular formula is C3H6N2Sr. The van der Waals surface area contributed by atoms with Gasteiger partial charge in [0.05, 0.1) is 6.33 Å². The van der Waals surface area contributed by atoms with Crippen LogP contribution in [0.15, 0.2) is 18.7 Å². The van der Waals surface area contributed by atoms with Gasteiger partial charge in [-0.1, -0.05) is 0 Å². The Hall–Kier alpha value is 0.691. The van der Waals surface area contributed by atoms with Crippen LogP contribution in [-0.2, 0) is 0 Å².